The molecule has 0 radical (unpaired) electrons. The number of aliphatic imine (C=N–C) groups is 1. The van der Waals surface area contributed by atoms with E-state index in [1.54, 1.807) is 0 Å². The van der Waals surface area contributed by atoms with E-state index >= 15 is 0 Å². The second-order valence-electron chi connectivity index (χ2n) is 5.41. The summed E-state index contributed by atoms with van der Waals surface area (Å²) >= 11 is 0. The molecule has 0 saturated heterocycles. The van der Waals surface area contributed by atoms with Gasteiger partial charge in [0.15, 0.2) is 5.96 Å². The van der Waals surface area contributed by atoms with E-state index in [0.717, 1.165) is 32.0 Å². The molecule has 0 bridgehead atoms. The third kappa shape index (κ3) is 10.8. The predicted octanol–water partition coefficient (Wildman–Crippen LogP) is 3.42. The van der Waals surface area contributed by atoms with Crippen molar-refractivity contribution in [3.05, 3.63) is 35.9 Å². The third-order valence-electron chi connectivity index (χ3n) is 2.97. The molecule has 1 aromatic carbocycles. The highest BCUT2D eigenvalue weighted by Gasteiger charge is 1.98. The van der Waals surface area contributed by atoms with Gasteiger partial charge in [-0.25, -0.2) is 0 Å². The van der Waals surface area contributed by atoms with E-state index in [4.69, 9.17) is 4.74 Å². The van der Waals surface area contributed by atoms with Gasteiger partial charge in [0.2, 0.25) is 0 Å². The highest BCUT2D eigenvalue weighted by molar-refractivity contribution is 14.0. The molecule has 5 heteroatoms. The second-order valence-corrected chi connectivity index (χ2v) is 5.41. The predicted molar refractivity (Wildman–Crippen MR) is 105 cm³/mol. The highest BCUT2D eigenvalue weighted by Crippen LogP contribution is 2.00. The summed E-state index contributed by atoms with van der Waals surface area (Å²) in [7, 11) is 0. The zero-order valence-corrected chi connectivity index (χ0v) is 16.3. The zero-order chi connectivity index (χ0) is 15.3. The third-order valence-corrected chi connectivity index (χ3v) is 2.97. The van der Waals surface area contributed by atoms with Crippen molar-refractivity contribution < 1.29 is 4.74 Å². The average molecular weight is 419 g/mol. The van der Waals surface area contributed by atoms with Gasteiger partial charge in [0, 0.05) is 19.6 Å². The molecule has 0 aliphatic heterocycles. The maximum atomic E-state index is 5.65. The van der Waals surface area contributed by atoms with Crippen LogP contribution in [-0.4, -0.2) is 32.2 Å². The lowest BCUT2D eigenvalue weighted by Crippen LogP contribution is -2.39. The molecule has 0 heterocycles. The van der Waals surface area contributed by atoms with Crippen LogP contribution in [0.4, 0.5) is 0 Å². The minimum absolute atomic E-state index is 0. The number of rotatable bonds is 9. The first kappa shape index (κ1) is 21.2. The number of hydrogen-bond donors (Lipinski definition) is 2. The average Bonchev–Trinajstić information content (AvgIpc) is 2.47. The molecular weight excluding hydrogens is 389 g/mol. The van der Waals surface area contributed by atoms with Crippen LogP contribution in [0.2, 0.25) is 0 Å². The minimum Gasteiger partial charge on any atom is -0.375 e. The van der Waals surface area contributed by atoms with Gasteiger partial charge in [-0.15, -0.1) is 24.0 Å². The Morgan fingerprint density at radius 1 is 1.18 bits per heavy atom. The van der Waals surface area contributed by atoms with Gasteiger partial charge in [0.25, 0.3) is 0 Å². The van der Waals surface area contributed by atoms with E-state index in [-0.39, 0.29) is 24.0 Å². The molecule has 2 N–H and O–H groups in total. The van der Waals surface area contributed by atoms with Crippen molar-refractivity contribution >= 4 is 29.9 Å². The molecule has 0 atom stereocenters. The highest BCUT2D eigenvalue weighted by atomic mass is 127. The smallest absolute Gasteiger partial charge is 0.191 e. The summed E-state index contributed by atoms with van der Waals surface area (Å²) in [4.78, 5) is 4.55. The molecule has 0 saturated carbocycles. The van der Waals surface area contributed by atoms with E-state index in [1.807, 2.05) is 18.2 Å². The summed E-state index contributed by atoms with van der Waals surface area (Å²) < 4.78 is 5.65. The lowest BCUT2D eigenvalue weighted by Gasteiger charge is -2.12. The molecule has 0 unspecified atom stereocenters. The summed E-state index contributed by atoms with van der Waals surface area (Å²) in [5.41, 5.74) is 1.20. The summed E-state index contributed by atoms with van der Waals surface area (Å²) in [6, 6.07) is 10.2. The lowest BCUT2D eigenvalue weighted by molar-refractivity contribution is 0.125. The molecule has 1 rings (SSSR count). The van der Waals surface area contributed by atoms with E-state index in [0.29, 0.717) is 19.1 Å². The first-order chi connectivity index (χ1) is 10.2. The SMILES string of the molecule is CCNC(=NCCC(C)C)NCCOCc1ccccc1.I. The van der Waals surface area contributed by atoms with Crippen molar-refractivity contribution in [3.63, 3.8) is 0 Å². The van der Waals surface area contributed by atoms with Crippen LogP contribution in [0, 0.1) is 5.92 Å². The summed E-state index contributed by atoms with van der Waals surface area (Å²) in [6.45, 7) is 10.3. The number of benzene rings is 1. The van der Waals surface area contributed by atoms with Crippen LogP contribution in [-0.2, 0) is 11.3 Å². The molecule has 1 aromatic rings. The molecule has 22 heavy (non-hydrogen) atoms. The summed E-state index contributed by atoms with van der Waals surface area (Å²) in [5, 5.41) is 6.54. The molecule has 4 nitrogen and oxygen atoms in total. The van der Waals surface area contributed by atoms with Crippen LogP contribution in [0.1, 0.15) is 32.8 Å². The molecule has 0 aliphatic carbocycles. The van der Waals surface area contributed by atoms with Crippen molar-refractivity contribution in [1.82, 2.24) is 10.6 Å². The van der Waals surface area contributed by atoms with Crippen molar-refractivity contribution in [1.29, 1.82) is 0 Å². The first-order valence-electron chi connectivity index (χ1n) is 7.86. The number of guanidine groups is 1. The first-order valence-corrected chi connectivity index (χ1v) is 7.86. The summed E-state index contributed by atoms with van der Waals surface area (Å²) in [6.07, 6.45) is 1.11. The number of hydrogen-bond acceptors (Lipinski definition) is 2. The van der Waals surface area contributed by atoms with E-state index in [9.17, 15) is 0 Å². The fourth-order valence-corrected chi connectivity index (χ4v) is 1.78. The molecule has 0 amide bonds. The fraction of sp³-hybridized carbons (Fsp3) is 0.588. The van der Waals surface area contributed by atoms with Crippen LogP contribution in [0.15, 0.2) is 35.3 Å². The molecule has 0 spiro atoms. The Kier molecular flexibility index (Phi) is 13.3. The van der Waals surface area contributed by atoms with Gasteiger partial charge in [0.1, 0.15) is 0 Å². The standard InChI is InChI=1S/C17H29N3O.HI/c1-4-18-17(19-11-10-15(2)3)20-12-13-21-14-16-8-6-5-7-9-16;/h5-9,15H,4,10-14H2,1-3H3,(H2,18,19,20);1H. The number of nitrogens with one attached hydrogen (secondary N) is 2. The lowest BCUT2D eigenvalue weighted by atomic mass is 10.1. The Morgan fingerprint density at radius 2 is 1.91 bits per heavy atom. The largest absolute Gasteiger partial charge is 0.375 e. The van der Waals surface area contributed by atoms with Gasteiger partial charge in [-0.05, 0) is 24.8 Å². The van der Waals surface area contributed by atoms with Crippen LogP contribution < -0.4 is 10.6 Å². The van der Waals surface area contributed by atoms with Crippen molar-refractivity contribution in [2.75, 3.05) is 26.2 Å². The molecular formula is C17H30IN3O. The monoisotopic (exact) mass is 419 g/mol. The van der Waals surface area contributed by atoms with Crippen LogP contribution in [0.5, 0.6) is 0 Å². The van der Waals surface area contributed by atoms with E-state index < -0.39 is 0 Å². The van der Waals surface area contributed by atoms with Crippen molar-refractivity contribution in [2.45, 2.75) is 33.8 Å². The van der Waals surface area contributed by atoms with Gasteiger partial charge >= 0.3 is 0 Å². The number of halogens is 1. The Balaban J connectivity index is 0.00000441. The van der Waals surface area contributed by atoms with Crippen molar-refractivity contribution in [3.8, 4) is 0 Å². The number of nitrogens with zero attached hydrogens (tertiary/aromatic N) is 1. The van der Waals surface area contributed by atoms with Gasteiger partial charge in [-0.2, -0.15) is 0 Å². The maximum Gasteiger partial charge on any atom is 0.191 e. The summed E-state index contributed by atoms with van der Waals surface area (Å²) in [5.74, 6) is 1.56. The normalized spacial score (nSPS) is 11.2. The van der Waals surface area contributed by atoms with Crippen LogP contribution >= 0.6 is 24.0 Å². The molecule has 0 aromatic heterocycles. The topological polar surface area (TPSA) is 45.7 Å². The quantitative estimate of drug-likeness (QED) is 0.279. The van der Waals surface area contributed by atoms with Gasteiger partial charge in [-0.3, -0.25) is 4.99 Å². The number of ether oxygens (including phenoxy) is 1. The van der Waals surface area contributed by atoms with E-state index in [2.05, 4.69) is 48.5 Å². The maximum absolute atomic E-state index is 5.65. The Hall–Kier alpha value is -0.820. The minimum atomic E-state index is 0. The Labute approximate surface area is 152 Å². The second kappa shape index (κ2) is 13.8. The Bertz CT molecular complexity index is 396. The fourth-order valence-electron chi connectivity index (χ4n) is 1.78. The van der Waals surface area contributed by atoms with Gasteiger partial charge in [0.05, 0.1) is 13.2 Å². The van der Waals surface area contributed by atoms with Crippen LogP contribution in [0.3, 0.4) is 0 Å². The van der Waals surface area contributed by atoms with Gasteiger partial charge < -0.3 is 15.4 Å². The zero-order valence-electron chi connectivity index (χ0n) is 14.0. The van der Waals surface area contributed by atoms with Crippen LogP contribution in [0.25, 0.3) is 0 Å². The Morgan fingerprint density at radius 3 is 2.55 bits per heavy atom. The molecule has 126 valence electrons. The molecule has 0 fully saturated rings. The van der Waals surface area contributed by atoms with Gasteiger partial charge in [-0.1, -0.05) is 44.2 Å². The van der Waals surface area contributed by atoms with Crippen molar-refractivity contribution in [2.24, 2.45) is 10.9 Å². The molecule has 0 aliphatic rings. The van der Waals surface area contributed by atoms with E-state index in [1.165, 1.54) is 5.56 Å².